The molecule has 1 aliphatic heterocycles. The van der Waals surface area contributed by atoms with Gasteiger partial charge in [-0.15, -0.1) is 11.3 Å². The van der Waals surface area contributed by atoms with Crippen LogP contribution in [0, 0.1) is 0 Å². The van der Waals surface area contributed by atoms with Crippen molar-refractivity contribution in [2.24, 2.45) is 0 Å². The van der Waals surface area contributed by atoms with Crippen LogP contribution in [0.5, 0.6) is 0 Å². The molecule has 0 unspecified atom stereocenters. The van der Waals surface area contributed by atoms with Crippen molar-refractivity contribution >= 4 is 39.0 Å². The zero-order valence-electron chi connectivity index (χ0n) is 16.5. The number of pyridine rings is 1. The first kappa shape index (κ1) is 18.5. The number of carbonyl (C=O) groups excluding carboxylic acids is 1. The van der Waals surface area contributed by atoms with E-state index < -0.39 is 0 Å². The number of nitrogens with zero attached hydrogens (tertiary/aromatic N) is 3. The van der Waals surface area contributed by atoms with E-state index in [0.29, 0.717) is 23.7 Å². The average Bonchev–Trinajstić information content (AvgIpc) is 3.05. The average molecular weight is 387 g/mol. The molecule has 1 aliphatic carbocycles. The van der Waals surface area contributed by atoms with Crippen LogP contribution in [0.4, 0.5) is 11.5 Å². The number of nitrogens with two attached hydrogens (primary N) is 1. The molecule has 2 aliphatic rings. The van der Waals surface area contributed by atoms with Crippen molar-refractivity contribution in [2.75, 3.05) is 36.8 Å². The topological polar surface area (TPSA) is 62.5 Å². The maximum atomic E-state index is 13.0. The predicted molar refractivity (Wildman–Crippen MR) is 114 cm³/mol. The number of hydrogen-bond donors (Lipinski definition) is 1. The largest absolute Gasteiger partial charge is 0.397 e. The van der Waals surface area contributed by atoms with E-state index in [1.165, 1.54) is 60.4 Å². The molecular weight excluding hydrogens is 356 g/mol. The molecule has 2 aromatic heterocycles. The molecule has 2 N–H and O–H groups in total. The molecule has 146 valence electrons. The van der Waals surface area contributed by atoms with Crippen molar-refractivity contribution in [1.29, 1.82) is 0 Å². The Bertz CT molecular complexity index is 850. The van der Waals surface area contributed by atoms with Crippen LogP contribution < -0.4 is 10.6 Å². The van der Waals surface area contributed by atoms with Crippen LogP contribution in [0.1, 0.15) is 66.8 Å². The summed E-state index contributed by atoms with van der Waals surface area (Å²) in [5.41, 5.74) is 9.96. The van der Waals surface area contributed by atoms with Gasteiger partial charge in [0.05, 0.1) is 5.69 Å². The number of piperidine rings is 1. The molecule has 3 heterocycles. The van der Waals surface area contributed by atoms with Gasteiger partial charge in [-0.1, -0.05) is 0 Å². The fourth-order valence-corrected chi connectivity index (χ4v) is 5.66. The van der Waals surface area contributed by atoms with Crippen LogP contribution >= 0.6 is 11.3 Å². The Morgan fingerprint density at radius 3 is 2.41 bits per heavy atom. The second-order valence-electron chi connectivity index (χ2n) is 7.65. The molecule has 0 saturated carbocycles. The van der Waals surface area contributed by atoms with E-state index in [4.69, 9.17) is 10.7 Å². The summed E-state index contributed by atoms with van der Waals surface area (Å²) < 4.78 is 0. The highest BCUT2D eigenvalue weighted by atomic mass is 32.1. The highest BCUT2D eigenvalue weighted by Gasteiger charge is 2.28. The Morgan fingerprint density at radius 1 is 1.07 bits per heavy atom. The first-order chi connectivity index (χ1) is 13.2. The third kappa shape index (κ3) is 3.18. The standard InChI is InChI=1S/C21H30N4OS/c1-3-24(4-2)21(26)18-17(22)16-14-10-6-7-11-15(14)19(23-20(16)27-18)25-12-8-5-9-13-25/h3-13,22H2,1-2H3. The number of amides is 1. The summed E-state index contributed by atoms with van der Waals surface area (Å²) in [6.07, 6.45) is 8.35. The van der Waals surface area contributed by atoms with E-state index in [-0.39, 0.29) is 5.91 Å². The number of nitrogen functional groups attached to an aromatic ring is 1. The molecule has 4 rings (SSSR count). The smallest absolute Gasteiger partial charge is 0.266 e. The first-order valence-electron chi connectivity index (χ1n) is 10.4. The van der Waals surface area contributed by atoms with Crippen molar-refractivity contribution in [2.45, 2.75) is 58.8 Å². The predicted octanol–water partition coefficient (Wildman–Crippen LogP) is 4.23. The fourth-order valence-electron chi connectivity index (χ4n) is 4.57. The lowest BCUT2D eigenvalue weighted by Gasteiger charge is -2.31. The number of fused-ring (bicyclic) bond motifs is 3. The number of aromatic nitrogens is 1. The highest BCUT2D eigenvalue weighted by molar-refractivity contribution is 7.21. The lowest BCUT2D eigenvalue weighted by molar-refractivity contribution is 0.0779. The first-order valence-corrected chi connectivity index (χ1v) is 11.2. The minimum absolute atomic E-state index is 0.0459. The second-order valence-corrected chi connectivity index (χ2v) is 8.65. The van der Waals surface area contributed by atoms with Crippen LogP contribution in [0.15, 0.2) is 0 Å². The molecule has 1 saturated heterocycles. The molecule has 5 nitrogen and oxygen atoms in total. The molecule has 2 aromatic rings. The second kappa shape index (κ2) is 7.66. The lowest BCUT2D eigenvalue weighted by atomic mass is 9.89. The molecule has 0 spiro atoms. The number of carbonyl (C=O) groups is 1. The summed E-state index contributed by atoms with van der Waals surface area (Å²) in [7, 11) is 0. The Kier molecular flexibility index (Phi) is 5.26. The Morgan fingerprint density at radius 2 is 1.74 bits per heavy atom. The molecule has 0 radical (unpaired) electrons. The third-order valence-electron chi connectivity index (χ3n) is 6.07. The molecule has 0 bridgehead atoms. The fraction of sp³-hybridized carbons (Fsp3) is 0.619. The molecule has 6 heteroatoms. The zero-order chi connectivity index (χ0) is 19.0. The van der Waals surface area contributed by atoms with E-state index in [0.717, 1.165) is 36.1 Å². The molecule has 27 heavy (non-hydrogen) atoms. The van der Waals surface area contributed by atoms with E-state index in [1.807, 2.05) is 18.7 Å². The van der Waals surface area contributed by atoms with Crippen molar-refractivity contribution in [3.63, 3.8) is 0 Å². The summed E-state index contributed by atoms with van der Waals surface area (Å²) in [6.45, 7) is 7.62. The van der Waals surface area contributed by atoms with Gasteiger partial charge in [-0.3, -0.25) is 4.79 Å². The van der Waals surface area contributed by atoms with Gasteiger partial charge in [0.25, 0.3) is 5.91 Å². The van der Waals surface area contributed by atoms with Gasteiger partial charge >= 0.3 is 0 Å². The van der Waals surface area contributed by atoms with Gasteiger partial charge in [-0.25, -0.2) is 4.98 Å². The van der Waals surface area contributed by atoms with Crippen molar-refractivity contribution in [3.8, 4) is 0 Å². The monoisotopic (exact) mass is 386 g/mol. The molecular formula is C21H30N4OS. The Hall–Kier alpha value is -1.82. The Balaban J connectivity index is 1.87. The minimum Gasteiger partial charge on any atom is -0.397 e. The maximum absolute atomic E-state index is 13.0. The molecule has 1 fully saturated rings. The van der Waals surface area contributed by atoms with Crippen molar-refractivity contribution < 1.29 is 4.79 Å². The summed E-state index contributed by atoms with van der Waals surface area (Å²) in [4.78, 5) is 24.0. The van der Waals surface area contributed by atoms with Gasteiger partial charge in [0.2, 0.25) is 0 Å². The SMILES string of the molecule is CCN(CC)C(=O)c1sc2nc(N3CCCCC3)c3c(c2c1N)CCCC3. The van der Waals surface area contributed by atoms with Gasteiger partial charge in [0.15, 0.2) is 0 Å². The lowest BCUT2D eigenvalue weighted by Crippen LogP contribution is -2.31. The quantitative estimate of drug-likeness (QED) is 0.854. The van der Waals surface area contributed by atoms with Crippen LogP contribution in [-0.4, -0.2) is 42.0 Å². The Labute approximate surface area is 165 Å². The molecule has 0 atom stereocenters. The zero-order valence-corrected chi connectivity index (χ0v) is 17.3. The van der Waals surface area contributed by atoms with Gasteiger partial charge in [0, 0.05) is 31.6 Å². The minimum atomic E-state index is 0.0459. The van der Waals surface area contributed by atoms with Crippen LogP contribution in [0.3, 0.4) is 0 Å². The van der Waals surface area contributed by atoms with Crippen LogP contribution in [-0.2, 0) is 12.8 Å². The molecule has 1 amide bonds. The van der Waals surface area contributed by atoms with E-state index in [2.05, 4.69) is 4.90 Å². The van der Waals surface area contributed by atoms with Gasteiger partial charge < -0.3 is 15.5 Å². The van der Waals surface area contributed by atoms with Gasteiger partial charge in [0.1, 0.15) is 15.5 Å². The normalized spacial score (nSPS) is 17.2. The van der Waals surface area contributed by atoms with E-state index in [9.17, 15) is 4.79 Å². The van der Waals surface area contributed by atoms with E-state index in [1.54, 1.807) is 0 Å². The summed E-state index contributed by atoms with van der Waals surface area (Å²) >= 11 is 1.49. The van der Waals surface area contributed by atoms with Crippen LogP contribution in [0.2, 0.25) is 0 Å². The number of thiophene rings is 1. The van der Waals surface area contributed by atoms with Crippen LogP contribution in [0.25, 0.3) is 10.2 Å². The van der Waals surface area contributed by atoms with Crippen molar-refractivity contribution in [3.05, 3.63) is 16.0 Å². The van der Waals surface area contributed by atoms with Crippen molar-refractivity contribution in [1.82, 2.24) is 9.88 Å². The summed E-state index contributed by atoms with van der Waals surface area (Å²) in [6, 6.07) is 0. The number of aryl methyl sites for hydroxylation is 1. The van der Waals surface area contributed by atoms with Gasteiger partial charge in [-0.2, -0.15) is 0 Å². The molecule has 0 aromatic carbocycles. The summed E-state index contributed by atoms with van der Waals surface area (Å²) in [5.74, 6) is 1.21. The number of hydrogen-bond acceptors (Lipinski definition) is 5. The van der Waals surface area contributed by atoms with Gasteiger partial charge in [-0.05, 0) is 69.9 Å². The van der Waals surface area contributed by atoms with E-state index >= 15 is 0 Å². The highest BCUT2D eigenvalue weighted by Crippen LogP contribution is 2.42. The number of rotatable bonds is 4. The maximum Gasteiger partial charge on any atom is 0.266 e. The third-order valence-corrected chi connectivity index (χ3v) is 7.16. The summed E-state index contributed by atoms with van der Waals surface area (Å²) in [5, 5.41) is 1.06. The number of anilines is 2.